The average molecular weight is 235 g/mol. The minimum absolute atomic E-state index is 0.475. The molecule has 1 unspecified atom stereocenters. The molecule has 0 aliphatic rings. The standard InChI is InChI=1S/C12H17N3O2/c1-4-6-8-10(12(3,13)11(16)17)9(7-5-2)15-14-8/h4-5H,1-2,6-7,13H2,3H3,(H,14,15)(H,16,17). The van der Waals surface area contributed by atoms with Gasteiger partial charge in [-0.1, -0.05) is 12.2 Å². The van der Waals surface area contributed by atoms with Gasteiger partial charge in [0.2, 0.25) is 0 Å². The van der Waals surface area contributed by atoms with E-state index < -0.39 is 11.5 Å². The number of nitrogens with zero attached hydrogens (tertiary/aromatic N) is 1. The summed E-state index contributed by atoms with van der Waals surface area (Å²) >= 11 is 0. The van der Waals surface area contributed by atoms with Gasteiger partial charge in [-0.2, -0.15) is 5.10 Å². The third kappa shape index (κ3) is 2.45. The maximum Gasteiger partial charge on any atom is 0.328 e. The first-order valence-corrected chi connectivity index (χ1v) is 5.25. The van der Waals surface area contributed by atoms with Gasteiger partial charge in [0, 0.05) is 24.1 Å². The van der Waals surface area contributed by atoms with Crippen LogP contribution in [-0.2, 0) is 23.2 Å². The molecule has 5 nitrogen and oxygen atoms in total. The second kappa shape index (κ2) is 4.97. The van der Waals surface area contributed by atoms with Gasteiger partial charge in [0.15, 0.2) is 0 Å². The van der Waals surface area contributed by atoms with Gasteiger partial charge in [0.05, 0.1) is 5.69 Å². The summed E-state index contributed by atoms with van der Waals surface area (Å²) in [5.41, 5.74) is 6.21. The highest BCUT2D eigenvalue weighted by Gasteiger charge is 2.36. The topological polar surface area (TPSA) is 92.0 Å². The zero-order valence-corrected chi connectivity index (χ0v) is 9.86. The first-order valence-electron chi connectivity index (χ1n) is 5.25. The highest BCUT2D eigenvalue weighted by molar-refractivity contribution is 5.80. The van der Waals surface area contributed by atoms with E-state index in [-0.39, 0.29) is 0 Å². The molecule has 1 aromatic rings. The van der Waals surface area contributed by atoms with Crippen molar-refractivity contribution in [3.8, 4) is 0 Å². The number of hydrogen-bond donors (Lipinski definition) is 3. The number of aromatic nitrogens is 2. The summed E-state index contributed by atoms with van der Waals surface area (Å²) in [5, 5.41) is 16.1. The fraction of sp³-hybridized carbons (Fsp3) is 0.333. The Hall–Kier alpha value is -1.88. The summed E-state index contributed by atoms with van der Waals surface area (Å²) in [6.45, 7) is 8.70. The van der Waals surface area contributed by atoms with E-state index in [1.807, 2.05) is 0 Å². The minimum atomic E-state index is -1.47. The first kappa shape index (κ1) is 13.2. The Morgan fingerprint density at radius 2 is 2.12 bits per heavy atom. The van der Waals surface area contributed by atoms with Crippen molar-refractivity contribution in [1.82, 2.24) is 10.2 Å². The summed E-state index contributed by atoms with van der Waals surface area (Å²) in [4.78, 5) is 11.2. The number of allylic oxidation sites excluding steroid dienone is 2. The maximum atomic E-state index is 11.2. The van der Waals surface area contributed by atoms with Crippen LogP contribution in [0, 0.1) is 0 Å². The van der Waals surface area contributed by atoms with Gasteiger partial charge < -0.3 is 10.8 Å². The van der Waals surface area contributed by atoms with E-state index in [1.54, 1.807) is 12.2 Å². The van der Waals surface area contributed by atoms with Crippen molar-refractivity contribution in [3.63, 3.8) is 0 Å². The fourth-order valence-electron chi connectivity index (χ4n) is 1.72. The number of nitrogens with two attached hydrogens (primary N) is 1. The van der Waals surface area contributed by atoms with Gasteiger partial charge in [-0.15, -0.1) is 13.2 Å². The molecular weight excluding hydrogens is 218 g/mol. The van der Waals surface area contributed by atoms with E-state index in [0.29, 0.717) is 29.8 Å². The molecule has 1 heterocycles. The maximum absolute atomic E-state index is 11.2. The van der Waals surface area contributed by atoms with Crippen molar-refractivity contribution in [2.45, 2.75) is 25.3 Å². The van der Waals surface area contributed by atoms with Crippen LogP contribution in [0.2, 0.25) is 0 Å². The number of carboxylic acids is 1. The number of nitrogens with one attached hydrogen (secondary N) is 1. The molecule has 0 fully saturated rings. The average Bonchev–Trinajstić information content (AvgIpc) is 2.62. The van der Waals surface area contributed by atoms with E-state index >= 15 is 0 Å². The van der Waals surface area contributed by atoms with Crippen LogP contribution in [0.3, 0.4) is 0 Å². The molecule has 5 heteroatoms. The lowest BCUT2D eigenvalue weighted by atomic mass is 9.89. The van der Waals surface area contributed by atoms with E-state index in [4.69, 9.17) is 5.73 Å². The molecule has 4 N–H and O–H groups in total. The molecular formula is C12H17N3O2. The third-order valence-electron chi connectivity index (χ3n) is 2.57. The normalized spacial score (nSPS) is 14.0. The van der Waals surface area contributed by atoms with E-state index in [9.17, 15) is 9.90 Å². The van der Waals surface area contributed by atoms with E-state index in [2.05, 4.69) is 23.4 Å². The fourth-order valence-corrected chi connectivity index (χ4v) is 1.72. The van der Waals surface area contributed by atoms with Crippen molar-refractivity contribution in [1.29, 1.82) is 0 Å². The molecule has 1 aromatic heterocycles. The number of aromatic amines is 1. The molecule has 17 heavy (non-hydrogen) atoms. The zero-order valence-electron chi connectivity index (χ0n) is 9.86. The molecule has 1 rings (SSSR count). The summed E-state index contributed by atoms with van der Waals surface area (Å²) in [5.74, 6) is -1.09. The SMILES string of the molecule is C=CCc1n[nH]c(CC=C)c1C(C)(N)C(=O)O. The van der Waals surface area contributed by atoms with E-state index in [0.717, 1.165) is 0 Å². The number of H-pyrrole nitrogens is 1. The van der Waals surface area contributed by atoms with E-state index in [1.165, 1.54) is 6.92 Å². The van der Waals surface area contributed by atoms with Crippen LogP contribution in [-0.4, -0.2) is 21.3 Å². The molecule has 0 saturated carbocycles. The first-order chi connectivity index (χ1) is 7.95. The van der Waals surface area contributed by atoms with Crippen LogP contribution < -0.4 is 5.73 Å². The Bertz CT molecular complexity index is 419. The number of aliphatic carboxylic acids is 1. The Morgan fingerprint density at radius 1 is 1.53 bits per heavy atom. The van der Waals surface area contributed by atoms with Gasteiger partial charge in [0.1, 0.15) is 5.54 Å². The van der Waals surface area contributed by atoms with Crippen molar-refractivity contribution in [2.75, 3.05) is 0 Å². The number of hydrogen-bond acceptors (Lipinski definition) is 3. The number of carboxylic acid groups (broad SMARTS) is 1. The summed E-state index contributed by atoms with van der Waals surface area (Å²) < 4.78 is 0. The Balaban J connectivity index is 3.34. The molecule has 0 radical (unpaired) electrons. The molecule has 0 spiro atoms. The predicted octanol–water partition coefficient (Wildman–Crippen LogP) is 1.13. The molecule has 0 aromatic carbocycles. The third-order valence-corrected chi connectivity index (χ3v) is 2.57. The van der Waals surface area contributed by atoms with Gasteiger partial charge in [-0.25, -0.2) is 4.79 Å². The van der Waals surface area contributed by atoms with Crippen LogP contribution in [0.1, 0.15) is 23.9 Å². The zero-order chi connectivity index (χ0) is 13.1. The monoisotopic (exact) mass is 235 g/mol. The van der Waals surface area contributed by atoms with Gasteiger partial charge in [-0.3, -0.25) is 5.10 Å². The molecule has 0 aliphatic carbocycles. The molecule has 0 saturated heterocycles. The second-order valence-electron chi connectivity index (χ2n) is 4.02. The van der Waals surface area contributed by atoms with Crippen LogP contribution in [0.15, 0.2) is 25.3 Å². The lowest BCUT2D eigenvalue weighted by molar-refractivity contribution is -0.143. The lowest BCUT2D eigenvalue weighted by Crippen LogP contribution is -2.43. The Kier molecular flexibility index (Phi) is 3.85. The van der Waals surface area contributed by atoms with Gasteiger partial charge in [0.25, 0.3) is 0 Å². The quantitative estimate of drug-likeness (QED) is 0.644. The molecule has 92 valence electrons. The van der Waals surface area contributed by atoms with Gasteiger partial charge in [-0.05, 0) is 6.92 Å². The highest BCUT2D eigenvalue weighted by atomic mass is 16.4. The Morgan fingerprint density at radius 3 is 2.59 bits per heavy atom. The van der Waals surface area contributed by atoms with Crippen molar-refractivity contribution in [3.05, 3.63) is 42.3 Å². The minimum Gasteiger partial charge on any atom is -0.480 e. The van der Waals surface area contributed by atoms with Crippen LogP contribution in [0.5, 0.6) is 0 Å². The number of rotatable bonds is 6. The summed E-state index contributed by atoms with van der Waals surface area (Å²) in [6.07, 6.45) is 4.31. The van der Waals surface area contributed by atoms with Crippen molar-refractivity contribution >= 4 is 5.97 Å². The predicted molar refractivity (Wildman–Crippen MR) is 65.6 cm³/mol. The van der Waals surface area contributed by atoms with Crippen molar-refractivity contribution in [2.24, 2.45) is 5.73 Å². The largest absolute Gasteiger partial charge is 0.480 e. The van der Waals surface area contributed by atoms with Gasteiger partial charge >= 0.3 is 5.97 Å². The van der Waals surface area contributed by atoms with Crippen LogP contribution >= 0.6 is 0 Å². The lowest BCUT2D eigenvalue weighted by Gasteiger charge is -2.20. The molecule has 0 amide bonds. The van der Waals surface area contributed by atoms with Crippen molar-refractivity contribution < 1.29 is 9.90 Å². The summed E-state index contributed by atoms with van der Waals surface area (Å²) in [6, 6.07) is 0. The molecule has 1 atom stereocenters. The number of carbonyl (C=O) groups is 1. The second-order valence-corrected chi connectivity index (χ2v) is 4.02. The summed E-state index contributed by atoms with van der Waals surface area (Å²) in [7, 11) is 0. The highest BCUT2D eigenvalue weighted by Crippen LogP contribution is 2.25. The molecule has 0 aliphatic heterocycles. The van der Waals surface area contributed by atoms with Crippen LogP contribution in [0.4, 0.5) is 0 Å². The molecule has 0 bridgehead atoms. The van der Waals surface area contributed by atoms with Crippen LogP contribution in [0.25, 0.3) is 0 Å². The smallest absolute Gasteiger partial charge is 0.328 e. The Labute approximate surface area is 100 Å².